The molecule has 2 aromatic heterocycles. The maximum atomic E-state index is 6.04. The van der Waals surface area contributed by atoms with Crippen LogP contribution in [0.25, 0.3) is 11.5 Å². The molecule has 0 bridgehead atoms. The SMILES string of the molecule is Cc1cc(Oc2nc(-c3cnc(NC(C)(C)C)cn3)ns2)c(C)cc1NC1=NCCCN1. The highest BCUT2D eigenvalue weighted by molar-refractivity contribution is 7.07. The smallest absolute Gasteiger partial charge is 0.299 e. The molecule has 32 heavy (non-hydrogen) atoms. The van der Waals surface area contributed by atoms with E-state index in [1.807, 2.05) is 19.9 Å². The predicted molar refractivity (Wildman–Crippen MR) is 129 cm³/mol. The van der Waals surface area contributed by atoms with Crippen molar-refractivity contribution in [2.75, 3.05) is 23.7 Å². The first-order valence-electron chi connectivity index (χ1n) is 10.6. The first-order valence-corrected chi connectivity index (χ1v) is 11.3. The molecule has 3 N–H and O–H groups in total. The Labute approximate surface area is 192 Å². The van der Waals surface area contributed by atoms with Crippen molar-refractivity contribution in [3.8, 4) is 22.5 Å². The summed E-state index contributed by atoms with van der Waals surface area (Å²) < 4.78 is 10.4. The van der Waals surface area contributed by atoms with E-state index in [0.29, 0.717) is 22.5 Å². The number of nitrogens with zero attached hydrogens (tertiary/aromatic N) is 5. The van der Waals surface area contributed by atoms with Gasteiger partial charge in [0.25, 0.3) is 5.19 Å². The van der Waals surface area contributed by atoms with Crippen LogP contribution in [-0.2, 0) is 0 Å². The summed E-state index contributed by atoms with van der Waals surface area (Å²) in [6, 6.07) is 4.05. The van der Waals surface area contributed by atoms with Gasteiger partial charge in [0, 0.05) is 35.8 Å². The number of nitrogens with one attached hydrogen (secondary N) is 3. The Bertz CT molecular complexity index is 1120. The van der Waals surface area contributed by atoms with Crippen LogP contribution in [0.2, 0.25) is 0 Å². The molecule has 9 nitrogen and oxygen atoms in total. The molecule has 0 spiro atoms. The summed E-state index contributed by atoms with van der Waals surface area (Å²) in [6.45, 7) is 12.0. The average molecular weight is 453 g/mol. The van der Waals surface area contributed by atoms with Crippen molar-refractivity contribution in [1.29, 1.82) is 0 Å². The summed E-state index contributed by atoms with van der Waals surface area (Å²) in [7, 11) is 0. The summed E-state index contributed by atoms with van der Waals surface area (Å²) in [5.41, 5.74) is 3.56. The zero-order chi connectivity index (χ0) is 22.7. The van der Waals surface area contributed by atoms with E-state index in [1.54, 1.807) is 12.4 Å². The van der Waals surface area contributed by atoms with Crippen LogP contribution in [0.5, 0.6) is 10.9 Å². The van der Waals surface area contributed by atoms with E-state index in [0.717, 1.165) is 48.0 Å². The summed E-state index contributed by atoms with van der Waals surface area (Å²) in [5.74, 6) is 2.76. The number of hydrogen-bond donors (Lipinski definition) is 3. The van der Waals surface area contributed by atoms with Crippen LogP contribution in [0.15, 0.2) is 29.5 Å². The van der Waals surface area contributed by atoms with E-state index in [4.69, 9.17) is 4.74 Å². The Morgan fingerprint density at radius 2 is 1.94 bits per heavy atom. The fourth-order valence-corrected chi connectivity index (χ4v) is 3.67. The van der Waals surface area contributed by atoms with Gasteiger partial charge in [-0.1, -0.05) is 0 Å². The van der Waals surface area contributed by atoms with Crippen LogP contribution < -0.4 is 20.7 Å². The Kier molecular flexibility index (Phi) is 6.22. The van der Waals surface area contributed by atoms with Gasteiger partial charge in [-0.15, -0.1) is 0 Å². The number of guanidine groups is 1. The number of hydrogen-bond acceptors (Lipinski definition) is 10. The molecule has 4 rings (SSSR count). The highest BCUT2D eigenvalue weighted by atomic mass is 32.1. The van der Waals surface area contributed by atoms with Gasteiger partial charge in [0.2, 0.25) is 0 Å². The minimum Gasteiger partial charge on any atom is -0.430 e. The molecule has 168 valence electrons. The van der Waals surface area contributed by atoms with Crippen molar-refractivity contribution >= 4 is 29.0 Å². The Morgan fingerprint density at radius 3 is 2.62 bits per heavy atom. The lowest BCUT2D eigenvalue weighted by Crippen LogP contribution is -2.35. The molecule has 1 aromatic carbocycles. The van der Waals surface area contributed by atoms with Gasteiger partial charge >= 0.3 is 0 Å². The maximum absolute atomic E-state index is 6.04. The van der Waals surface area contributed by atoms with Gasteiger partial charge in [-0.05, 0) is 64.3 Å². The van der Waals surface area contributed by atoms with Crippen molar-refractivity contribution < 1.29 is 4.74 Å². The first-order chi connectivity index (χ1) is 15.3. The third-order valence-corrected chi connectivity index (χ3v) is 5.26. The van der Waals surface area contributed by atoms with Crippen LogP contribution in [-0.4, -0.2) is 43.9 Å². The Morgan fingerprint density at radius 1 is 1.09 bits per heavy atom. The summed E-state index contributed by atoms with van der Waals surface area (Å²) in [5, 5.41) is 10.4. The highest BCUT2D eigenvalue weighted by Gasteiger charge is 2.15. The van der Waals surface area contributed by atoms with Crippen LogP contribution >= 0.6 is 11.5 Å². The third kappa shape index (κ3) is 5.50. The highest BCUT2D eigenvalue weighted by Crippen LogP contribution is 2.32. The lowest BCUT2D eigenvalue weighted by atomic mass is 10.1. The molecule has 0 saturated carbocycles. The molecule has 0 unspecified atom stereocenters. The summed E-state index contributed by atoms with van der Waals surface area (Å²) in [6.07, 6.45) is 4.41. The van der Waals surface area contributed by atoms with Crippen molar-refractivity contribution in [3.63, 3.8) is 0 Å². The van der Waals surface area contributed by atoms with Crippen molar-refractivity contribution in [3.05, 3.63) is 35.7 Å². The van der Waals surface area contributed by atoms with Crippen molar-refractivity contribution in [2.24, 2.45) is 4.99 Å². The molecule has 1 aliphatic rings. The van der Waals surface area contributed by atoms with E-state index in [9.17, 15) is 0 Å². The lowest BCUT2D eigenvalue weighted by Gasteiger charge is -2.20. The fourth-order valence-electron chi connectivity index (χ4n) is 3.12. The van der Waals surface area contributed by atoms with Gasteiger partial charge in [-0.3, -0.25) is 4.99 Å². The second-order valence-electron chi connectivity index (χ2n) is 8.72. The molecule has 0 radical (unpaired) electrons. The number of aryl methyl sites for hydroxylation is 2. The maximum Gasteiger partial charge on any atom is 0.299 e. The second kappa shape index (κ2) is 9.07. The lowest BCUT2D eigenvalue weighted by molar-refractivity contribution is 0.475. The normalized spacial score (nSPS) is 13.8. The summed E-state index contributed by atoms with van der Waals surface area (Å²) in [4.78, 5) is 17.8. The first kappa shape index (κ1) is 21.9. The van der Waals surface area contributed by atoms with Gasteiger partial charge in [0.1, 0.15) is 17.3 Å². The summed E-state index contributed by atoms with van der Waals surface area (Å²) >= 11 is 1.19. The van der Waals surface area contributed by atoms with Crippen LogP contribution in [0, 0.1) is 13.8 Å². The zero-order valence-corrected chi connectivity index (χ0v) is 19.8. The monoisotopic (exact) mass is 452 g/mol. The number of benzene rings is 1. The molecule has 0 atom stereocenters. The van der Waals surface area contributed by atoms with Crippen LogP contribution in [0.1, 0.15) is 38.3 Å². The van der Waals surface area contributed by atoms with Crippen LogP contribution in [0.3, 0.4) is 0 Å². The van der Waals surface area contributed by atoms with E-state index in [2.05, 4.69) is 67.1 Å². The van der Waals surface area contributed by atoms with Crippen LogP contribution in [0.4, 0.5) is 11.5 Å². The van der Waals surface area contributed by atoms with E-state index in [-0.39, 0.29) is 5.54 Å². The molecular weight excluding hydrogens is 424 g/mol. The third-order valence-electron chi connectivity index (χ3n) is 4.66. The minimum absolute atomic E-state index is 0.0858. The largest absolute Gasteiger partial charge is 0.430 e. The average Bonchev–Trinajstić information content (AvgIpc) is 3.20. The minimum atomic E-state index is -0.0858. The molecular formula is C22H28N8OS. The number of ether oxygens (including phenoxy) is 1. The molecule has 10 heteroatoms. The van der Waals surface area contributed by atoms with Gasteiger partial charge in [0.15, 0.2) is 11.8 Å². The molecule has 0 amide bonds. The molecule has 3 aromatic rings. The second-order valence-corrected chi connectivity index (χ2v) is 9.43. The molecule has 0 saturated heterocycles. The quantitative estimate of drug-likeness (QED) is 0.523. The number of anilines is 2. The molecule has 1 aliphatic heterocycles. The van der Waals surface area contributed by atoms with Crippen molar-refractivity contribution in [2.45, 2.75) is 46.6 Å². The molecule has 3 heterocycles. The number of aromatic nitrogens is 4. The Balaban J connectivity index is 1.46. The standard InChI is InChI=1S/C22H28N8OS/c1-13-10-17(14(2)9-15(13)27-20-23-7-6-8-24-20)31-21-28-19(30-32-21)16-11-26-18(12-25-16)29-22(3,4)5/h9-12H,6-8H2,1-5H3,(H,26,29)(H2,23,24,27). The topological polar surface area (TPSA) is 109 Å². The van der Waals surface area contributed by atoms with E-state index >= 15 is 0 Å². The number of aliphatic imine (C=N–C) groups is 1. The van der Waals surface area contributed by atoms with Gasteiger partial charge in [0.05, 0.1) is 12.4 Å². The number of rotatable bonds is 5. The van der Waals surface area contributed by atoms with Crippen molar-refractivity contribution in [1.82, 2.24) is 24.6 Å². The molecule has 0 fully saturated rings. The van der Waals surface area contributed by atoms with E-state index < -0.39 is 0 Å². The van der Waals surface area contributed by atoms with Gasteiger partial charge < -0.3 is 20.7 Å². The predicted octanol–water partition coefficient (Wildman–Crippen LogP) is 4.38. The fraction of sp³-hybridized carbons (Fsp3) is 0.409. The van der Waals surface area contributed by atoms with Gasteiger partial charge in [-0.2, -0.15) is 9.36 Å². The zero-order valence-electron chi connectivity index (χ0n) is 19.0. The van der Waals surface area contributed by atoms with Gasteiger partial charge in [-0.25, -0.2) is 9.97 Å². The molecule has 0 aliphatic carbocycles. The van der Waals surface area contributed by atoms with E-state index in [1.165, 1.54) is 11.5 Å². The Hall–Kier alpha value is -3.27.